The van der Waals surface area contributed by atoms with Gasteiger partial charge in [0.05, 0.1) is 24.5 Å². The van der Waals surface area contributed by atoms with E-state index in [-0.39, 0.29) is 34.6 Å². The van der Waals surface area contributed by atoms with Crippen LogP contribution in [0.25, 0.3) is 39.0 Å². The maximum Gasteiger partial charge on any atom is 0.434 e. The van der Waals surface area contributed by atoms with Gasteiger partial charge in [0, 0.05) is 58.4 Å². The zero-order valence-corrected chi connectivity index (χ0v) is 28.6. The summed E-state index contributed by atoms with van der Waals surface area (Å²) in [6.07, 6.45) is 15.2. The highest BCUT2D eigenvalue weighted by molar-refractivity contribution is 6.36. The average Bonchev–Trinajstić information content (AvgIpc) is 3.87. The molecule has 3 aromatic heterocycles. The number of amides is 1. The van der Waals surface area contributed by atoms with Gasteiger partial charge in [0.25, 0.3) is 0 Å². The van der Waals surface area contributed by atoms with Crippen LogP contribution in [-0.2, 0) is 4.79 Å². The van der Waals surface area contributed by atoms with Gasteiger partial charge in [-0.25, -0.2) is 18.9 Å². The van der Waals surface area contributed by atoms with Gasteiger partial charge in [-0.2, -0.15) is 4.98 Å². The van der Waals surface area contributed by atoms with Crippen molar-refractivity contribution in [1.82, 2.24) is 34.7 Å². The van der Waals surface area contributed by atoms with Crippen LogP contribution in [0.2, 0.25) is 5.02 Å². The van der Waals surface area contributed by atoms with Crippen LogP contribution < -0.4 is 4.74 Å². The monoisotopic (exact) mass is 691 g/mol. The third kappa shape index (κ3) is 6.09. The molecule has 6 heterocycles. The number of pyridine rings is 1. The van der Waals surface area contributed by atoms with E-state index in [4.69, 9.17) is 21.3 Å². The van der Waals surface area contributed by atoms with Crippen molar-refractivity contribution < 1.29 is 18.5 Å². The first kappa shape index (κ1) is 32.3. The molecule has 0 spiro atoms. The Morgan fingerprint density at radius 2 is 1.92 bits per heavy atom. The van der Waals surface area contributed by atoms with Gasteiger partial charge < -0.3 is 9.64 Å². The van der Waals surface area contributed by atoms with Crippen LogP contribution in [0.4, 0.5) is 10.2 Å². The molecular formula is C38H37ClFN8O2+. The maximum atomic E-state index is 16.8. The number of likely N-dealkylation sites (tertiary alicyclic amines) is 1. The van der Waals surface area contributed by atoms with Crippen LogP contribution in [-0.4, -0.2) is 96.8 Å². The molecule has 12 heteroatoms. The molecular weight excluding hydrogens is 655 g/mol. The lowest BCUT2D eigenvalue weighted by atomic mass is 9.95. The van der Waals surface area contributed by atoms with Crippen LogP contribution >= 0.6 is 11.6 Å². The number of ether oxygens (including phenoxy) is 1. The second-order valence-electron chi connectivity index (χ2n) is 13.4. The van der Waals surface area contributed by atoms with Gasteiger partial charge in [-0.05, 0) is 68.8 Å². The van der Waals surface area contributed by atoms with Gasteiger partial charge in [-0.3, -0.25) is 14.7 Å². The van der Waals surface area contributed by atoms with E-state index < -0.39 is 5.82 Å². The van der Waals surface area contributed by atoms with E-state index in [2.05, 4.69) is 24.8 Å². The van der Waals surface area contributed by atoms with E-state index in [9.17, 15) is 4.79 Å². The van der Waals surface area contributed by atoms with Gasteiger partial charge in [-0.1, -0.05) is 41.9 Å². The Morgan fingerprint density at radius 1 is 1.10 bits per heavy atom. The zero-order valence-electron chi connectivity index (χ0n) is 27.8. The van der Waals surface area contributed by atoms with Crippen LogP contribution in [0.3, 0.4) is 0 Å². The first-order valence-corrected chi connectivity index (χ1v) is 17.5. The minimum Gasteiger partial charge on any atom is -0.443 e. The van der Waals surface area contributed by atoms with Crippen molar-refractivity contribution in [1.29, 1.82) is 0 Å². The summed E-state index contributed by atoms with van der Waals surface area (Å²) < 4.78 is 25.1. The van der Waals surface area contributed by atoms with E-state index in [1.807, 2.05) is 53.1 Å². The Kier molecular flexibility index (Phi) is 8.70. The lowest BCUT2D eigenvalue weighted by Crippen LogP contribution is -2.43. The number of rotatable bonds is 8. The minimum atomic E-state index is -0.563. The molecule has 254 valence electrons. The normalized spacial score (nSPS) is 19.2. The van der Waals surface area contributed by atoms with E-state index >= 15 is 4.39 Å². The molecule has 3 fully saturated rings. The minimum absolute atomic E-state index is 0.0279. The number of carbonyl (C=O) groups is 1. The largest absolute Gasteiger partial charge is 0.443 e. The highest BCUT2D eigenvalue weighted by Gasteiger charge is 2.45. The number of halogens is 2. The van der Waals surface area contributed by atoms with Gasteiger partial charge in [0.1, 0.15) is 29.5 Å². The lowest BCUT2D eigenvalue weighted by Gasteiger charge is -2.30. The number of hydrogen-bond donors (Lipinski definition) is 0. The third-order valence-electron chi connectivity index (χ3n) is 10.3. The molecule has 3 aliphatic heterocycles. The predicted molar refractivity (Wildman–Crippen MR) is 191 cm³/mol. The standard InChI is InChI=1S/C38H37ClFN8O2/c1-46(21-25-13-19-47(22-25)31(49)11-10-27-12-16-41-24-43-27)36-29-20-42-34(28-8-2-6-26-7-3-9-30(39)32(26)28)33(40)35(29)44-37(45-36)50-23-38-14-4-17-48(38)18-5-15-38/h2-3,6-12,16,20-21,24-25H,4-5,13-15,17-19,22-23H2,1H3/q+1/b11-10+,46-21?. The molecule has 8 rings (SSSR count). The van der Waals surface area contributed by atoms with Gasteiger partial charge in [-0.15, -0.1) is 0 Å². The number of fused-ring (bicyclic) bond motifs is 3. The molecule has 1 atom stereocenters. The maximum absolute atomic E-state index is 16.8. The molecule has 3 saturated heterocycles. The SMILES string of the molecule is C[N+](=CC1CCN(C(=O)/C=C/c2ccncn2)C1)c1nc(OCC23CCCN2CCC3)nc2c(F)c(-c3cccc4cccc(Cl)c34)ncc12. The summed E-state index contributed by atoms with van der Waals surface area (Å²) in [4.78, 5) is 39.5. The van der Waals surface area contributed by atoms with Crippen molar-refractivity contribution in [2.75, 3.05) is 39.8 Å². The summed E-state index contributed by atoms with van der Waals surface area (Å²) in [7, 11) is 1.88. The fraction of sp³-hybridized carbons (Fsp3) is 0.342. The molecule has 0 N–H and O–H groups in total. The van der Waals surface area contributed by atoms with Crippen molar-refractivity contribution >= 4 is 57.3 Å². The molecule has 0 bridgehead atoms. The Labute approximate surface area is 294 Å². The van der Waals surface area contributed by atoms with Crippen molar-refractivity contribution in [3.63, 3.8) is 0 Å². The molecule has 1 unspecified atom stereocenters. The second kappa shape index (κ2) is 13.4. The fourth-order valence-electron chi connectivity index (χ4n) is 7.85. The molecule has 1 amide bonds. The number of carbonyl (C=O) groups excluding carboxylic acids is 1. The fourth-order valence-corrected chi connectivity index (χ4v) is 8.14. The summed E-state index contributed by atoms with van der Waals surface area (Å²) in [5.74, 6) is -0.0963. The number of nitrogens with zero attached hydrogens (tertiary/aromatic N) is 8. The molecule has 0 aliphatic carbocycles. The Balaban J connectivity index is 1.14. The van der Waals surface area contributed by atoms with E-state index in [0.717, 1.165) is 56.0 Å². The quantitative estimate of drug-likeness (QED) is 0.106. The Morgan fingerprint density at radius 3 is 2.72 bits per heavy atom. The predicted octanol–water partition coefficient (Wildman–Crippen LogP) is 6.34. The van der Waals surface area contributed by atoms with Crippen LogP contribution in [0.1, 0.15) is 37.8 Å². The smallest absolute Gasteiger partial charge is 0.434 e. The highest BCUT2D eigenvalue weighted by Crippen LogP contribution is 2.40. The van der Waals surface area contributed by atoms with Crippen molar-refractivity contribution in [2.24, 2.45) is 5.92 Å². The average molecular weight is 692 g/mol. The molecule has 10 nitrogen and oxygen atoms in total. The summed E-state index contributed by atoms with van der Waals surface area (Å²) in [5.41, 5.74) is 1.52. The van der Waals surface area contributed by atoms with E-state index in [1.54, 1.807) is 36.7 Å². The molecule has 0 saturated carbocycles. The van der Waals surface area contributed by atoms with Crippen molar-refractivity contribution in [3.8, 4) is 17.3 Å². The summed E-state index contributed by atoms with van der Waals surface area (Å²) in [6, 6.07) is 13.1. The first-order valence-electron chi connectivity index (χ1n) is 17.1. The topological polar surface area (TPSA) is 100 Å². The van der Waals surface area contributed by atoms with Gasteiger partial charge in [0.2, 0.25) is 5.91 Å². The van der Waals surface area contributed by atoms with E-state index in [1.165, 1.54) is 6.33 Å². The van der Waals surface area contributed by atoms with Crippen LogP contribution in [0.5, 0.6) is 6.01 Å². The number of benzene rings is 2. The summed E-state index contributed by atoms with van der Waals surface area (Å²) in [5, 5.41) is 2.60. The summed E-state index contributed by atoms with van der Waals surface area (Å²) >= 11 is 6.63. The van der Waals surface area contributed by atoms with Gasteiger partial charge >= 0.3 is 11.8 Å². The second-order valence-corrected chi connectivity index (χ2v) is 13.8. The number of hydrogen-bond acceptors (Lipinski definition) is 8. The van der Waals surface area contributed by atoms with E-state index in [0.29, 0.717) is 47.2 Å². The number of aromatic nitrogens is 5. The lowest BCUT2D eigenvalue weighted by molar-refractivity contribution is -0.405. The van der Waals surface area contributed by atoms with Crippen molar-refractivity contribution in [3.05, 3.63) is 83.8 Å². The first-order chi connectivity index (χ1) is 24.4. The van der Waals surface area contributed by atoms with Crippen LogP contribution in [0.15, 0.2) is 67.3 Å². The Bertz CT molecular complexity index is 2150. The zero-order chi connectivity index (χ0) is 34.2. The summed E-state index contributed by atoms with van der Waals surface area (Å²) in [6.45, 7) is 3.75. The highest BCUT2D eigenvalue weighted by atomic mass is 35.5. The molecule has 50 heavy (non-hydrogen) atoms. The van der Waals surface area contributed by atoms with Crippen LogP contribution in [0, 0.1) is 11.7 Å². The van der Waals surface area contributed by atoms with Gasteiger partial charge in [0.15, 0.2) is 5.82 Å². The molecule has 3 aliphatic rings. The molecule has 5 aromatic rings. The molecule has 2 aromatic carbocycles. The third-order valence-corrected chi connectivity index (χ3v) is 10.7. The molecule has 0 radical (unpaired) electrons. The van der Waals surface area contributed by atoms with Crippen molar-refractivity contribution in [2.45, 2.75) is 37.6 Å². The Hall–Kier alpha value is -4.87.